The standard InChI is InChI=1S/C16H16N4OS2/c1-5-6-20-12-8-9(2)7-10(3)13(12)22-16(20)17-15(21)14-11(4)18-19-23-14/h5,7-8H,1,6H2,2-4H3. The highest BCUT2D eigenvalue weighted by atomic mass is 32.1. The monoisotopic (exact) mass is 344 g/mol. The summed E-state index contributed by atoms with van der Waals surface area (Å²) < 4.78 is 6.97. The average molecular weight is 344 g/mol. The van der Waals surface area contributed by atoms with Gasteiger partial charge in [0.05, 0.1) is 15.9 Å². The number of aromatic nitrogens is 3. The minimum atomic E-state index is -0.295. The van der Waals surface area contributed by atoms with Crippen LogP contribution in [0.2, 0.25) is 0 Å². The SMILES string of the molecule is C=CCn1c(=NC(=O)c2snnc2C)sc2c(C)cc(C)cc21. The number of allylic oxidation sites excluding steroid dienone is 1. The molecule has 23 heavy (non-hydrogen) atoms. The maximum Gasteiger partial charge on any atom is 0.293 e. The van der Waals surface area contributed by atoms with Crippen LogP contribution < -0.4 is 4.80 Å². The molecule has 0 saturated heterocycles. The van der Waals surface area contributed by atoms with Crippen molar-refractivity contribution in [3.63, 3.8) is 0 Å². The van der Waals surface area contributed by atoms with Crippen LogP contribution in [-0.2, 0) is 6.54 Å². The lowest BCUT2D eigenvalue weighted by molar-refractivity contribution is 0.100. The first-order valence-electron chi connectivity index (χ1n) is 7.10. The second kappa shape index (κ2) is 6.17. The summed E-state index contributed by atoms with van der Waals surface area (Å²) in [5, 5.41) is 3.87. The molecule has 5 nitrogen and oxygen atoms in total. The van der Waals surface area contributed by atoms with Crippen LogP contribution in [-0.4, -0.2) is 20.1 Å². The molecule has 0 aliphatic carbocycles. The lowest BCUT2D eigenvalue weighted by atomic mass is 10.1. The molecule has 118 valence electrons. The van der Waals surface area contributed by atoms with Gasteiger partial charge in [0.25, 0.3) is 5.91 Å². The molecule has 0 fully saturated rings. The number of carbonyl (C=O) groups excluding carboxylic acids is 1. The van der Waals surface area contributed by atoms with Gasteiger partial charge < -0.3 is 4.57 Å². The van der Waals surface area contributed by atoms with E-state index in [1.54, 1.807) is 6.92 Å². The quantitative estimate of drug-likeness (QED) is 0.684. The summed E-state index contributed by atoms with van der Waals surface area (Å²) in [5.41, 5.74) is 4.07. The van der Waals surface area contributed by atoms with E-state index >= 15 is 0 Å². The van der Waals surface area contributed by atoms with Gasteiger partial charge in [0.1, 0.15) is 4.88 Å². The van der Waals surface area contributed by atoms with Gasteiger partial charge in [0.15, 0.2) is 4.80 Å². The van der Waals surface area contributed by atoms with Crippen molar-refractivity contribution in [2.45, 2.75) is 27.3 Å². The van der Waals surface area contributed by atoms with Crippen LogP contribution in [0.5, 0.6) is 0 Å². The first-order chi connectivity index (χ1) is 11.0. The highest BCUT2D eigenvalue weighted by Gasteiger charge is 2.14. The first kappa shape index (κ1) is 15.8. The van der Waals surface area contributed by atoms with E-state index in [-0.39, 0.29) is 5.91 Å². The third-order valence-electron chi connectivity index (χ3n) is 3.47. The summed E-state index contributed by atoms with van der Waals surface area (Å²) in [4.78, 5) is 17.9. The molecule has 0 bridgehead atoms. The molecule has 0 spiro atoms. The maximum absolute atomic E-state index is 12.4. The molecule has 1 aromatic carbocycles. The van der Waals surface area contributed by atoms with Crippen LogP contribution in [0.3, 0.4) is 0 Å². The Balaban J connectivity index is 2.24. The summed E-state index contributed by atoms with van der Waals surface area (Å²) >= 11 is 2.60. The fraction of sp³-hybridized carbons (Fsp3) is 0.250. The molecule has 1 amide bonds. The van der Waals surface area contributed by atoms with E-state index in [1.165, 1.54) is 22.5 Å². The van der Waals surface area contributed by atoms with Gasteiger partial charge in [-0.3, -0.25) is 4.79 Å². The van der Waals surface area contributed by atoms with Crippen molar-refractivity contribution in [3.8, 4) is 0 Å². The van der Waals surface area contributed by atoms with Crippen molar-refractivity contribution in [1.82, 2.24) is 14.2 Å². The van der Waals surface area contributed by atoms with Crippen LogP contribution in [0.4, 0.5) is 0 Å². The Bertz CT molecular complexity index is 978. The zero-order valence-electron chi connectivity index (χ0n) is 13.2. The highest BCUT2D eigenvalue weighted by Crippen LogP contribution is 2.23. The Morgan fingerprint density at radius 3 is 2.83 bits per heavy atom. The molecular formula is C16H16N4OS2. The van der Waals surface area contributed by atoms with Crippen molar-refractivity contribution in [3.05, 3.63) is 51.3 Å². The Kier molecular flexibility index (Phi) is 4.23. The Morgan fingerprint density at radius 2 is 2.17 bits per heavy atom. The number of nitrogens with zero attached hydrogens (tertiary/aromatic N) is 4. The normalized spacial score (nSPS) is 12.0. The molecule has 0 aliphatic rings. The predicted molar refractivity (Wildman–Crippen MR) is 94.0 cm³/mol. The molecule has 0 aliphatic heterocycles. The second-order valence-corrected chi connectivity index (χ2v) is 7.05. The van der Waals surface area contributed by atoms with Crippen LogP contribution in [0, 0.1) is 20.8 Å². The number of hydrogen-bond acceptors (Lipinski definition) is 5. The molecule has 0 saturated carbocycles. The fourth-order valence-electron chi connectivity index (χ4n) is 2.47. The Hall–Kier alpha value is -2.12. The lowest BCUT2D eigenvalue weighted by Gasteiger charge is -2.03. The van der Waals surface area contributed by atoms with Gasteiger partial charge in [0.2, 0.25) is 0 Å². The van der Waals surface area contributed by atoms with E-state index in [9.17, 15) is 4.79 Å². The number of amides is 1. The molecule has 3 rings (SSSR count). The van der Waals surface area contributed by atoms with Crippen molar-refractivity contribution in [2.75, 3.05) is 0 Å². The summed E-state index contributed by atoms with van der Waals surface area (Å²) in [7, 11) is 0. The largest absolute Gasteiger partial charge is 0.312 e. The van der Waals surface area contributed by atoms with Crippen LogP contribution in [0.25, 0.3) is 10.2 Å². The molecule has 0 N–H and O–H groups in total. The minimum absolute atomic E-state index is 0.295. The third-order valence-corrected chi connectivity index (χ3v) is 5.51. The van der Waals surface area contributed by atoms with E-state index in [0.717, 1.165) is 21.7 Å². The molecular weight excluding hydrogens is 328 g/mol. The molecule has 0 radical (unpaired) electrons. The highest BCUT2D eigenvalue weighted by molar-refractivity contribution is 7.16. The molecule has 0 atom stereocenters. The van der Waals surface area contributed by atoms with E-state index in [0.29, 0.717) is 21.9 Å². The van der Waals surface area contributed by atoms with Gasteiger partial charge in [-0.1, -0.05) is 28.0 Å². The van der Waals surface area contributed by atoms with Crippen LogP contribution in [0.15, 0.2) is 29.8 Å². The van der Waals surface area contributed by atoms with Crippen LogP contribution in [0.1, 0.15) is 26.5 Å². The number of hydrogen-bond donors (Lipinski definition) is 0. The van der Waals surface area contributed by atoms with Crippen molar-refractivity contribution >= 4 is 39.0 Å². The van der Waals surface area contributed by atoms with Crippen molar-refractivity contribution < 1.29 is 4.79 Å². The van der Waals surface area contributed by atoms with Crippen LogP contribution >= 0.6 is 22.9 Å². The minimum Gasteiger partial charge on any atom is -0.312 e. The number of rotatable bonds is 3. The van der Waals surface area contributed by atoms with Gasteiger partial charge >= 0.3 is 0 Å². The number of thiazole rings is 1. The molecule has 7 heteroatoms. The topological polar surface area (TPSA) is 60.1 Å². The number of carbonyl (C=O) groups is 1. The van der Waals surface area contributed by atoms with E-state index < -0.39 is 0 Å². The van der Waals surface area contributed by atoms with Gasteiger partial charge in [-0.15, -0.1) is 11.7 Å². The maximum atomic E-state index is 12.4. The van der Waals surface area contributed by atoms with Crippen molar-refractivity contribution in [2.24, 2.45) is 4.99 Å². The second-order valence-electron chi connectivity index (χ2n) is 5.32. The molecule has 2 aromatic heterocycles. The number of fused-ring (bicyclic) bond motifs is 1. The van der Waals surface area contributed by atoms with Gasteiger partial charge in [-0.05, 0) is 49.5 Å². The van der Waals surface area contributed by atoms with Gasteiger partial charge in [-0.2, -0.15) is 4.99 Å². The van der Waals surface area contributed by atoms with E-state index in [4.69, 9.17) is 0 Å². The summed E-state index contributed by atoms with van der Waals surface area (Å²) in [5.74, 6) is -0.295. The van der Waals surface area contributed by atoms with Crippen molar-refractivity contribution in [1.29, 1.82) is 0 Å². The summed E-state index contributed by atoms with van der Waals surface area (Å²) in [6, 6.07) is 4.26. The van der Waals surface area contributed by atoms with Gasteiger partial charge in [0, 0.05) is 6.54 Å². The molecule has 2 heterocycles. The summed E-state index contributed by atoms with van der Waals surface area (Å²) in [6.45, 7) is 10.3. The van der Waals surface area contributed by atoms with E-state index in [1.807, 2.05) is 10.6 Å². The smallest absolute Gasteiger partial charge is 0.293 e. The first-order valence-corrected chi connectivity index (χ1v) is 8.69. The third kappa shape index (κ3) is 2.89. The number of benzene rings is 1. The Labute approximate surface area is 141 Å². The molecule has 3 aromatic rings. The van der Waals surface area contributed by atoms with Gasteiger partial charge in [-0.25, -0.2) is 0 Å². The zero-order chi connectivity index (χ0) is 16.6. The van der Waals surface area contributed by atoms with E-state index in [2.05, 4.69) is 47.1 Å². The summed E-state index contributed by atoms with van der Waals surface area (Å²) in [6.07, 6.45) is 1.81. The lowest BCUT2D eigenvalue weighted by Crippen LogP contribution is -2.16. The Morgan fingerprint density at radius 1 is 1.39 bits per heavy atom. The molecule has 0 unspecified atom stereocenters. The fourth-order valence-corrected chi connectivity index (χ4v) is 4.10. The zero-order valence-corrected chi connectivity index (χ0v) is 14.8. The average Bonchev–Trinajstić information content (AvgIpc) is 3.05. The number of aryl methyl sites for hydroxylation is 3. The predicted octanol–water partition coefficient (Wildman–Crippen LogP) is 3.41.